The maximum absolute atomic E-state index is 10.6. The number of non-ortho nitro benzene ring substituents is 1. The predicted octanol–water partition coefficient (Wildman–Crippen LogP) is 1.80. The van der Waals surface area contributed by atoms with E-state index < -0.39 is 0 Å². The van der Waals surface area contributed by atoms with Gasteiger partial charge in [0.2, 0.25) is 0 Å². The zero-order chi connectivity index (χ0) is 13.2. The highest BCUT2D eigenvalue weighted by atomic mass is 32.2. The largest absolute Gasteiger partial charge is 0.396 e. The van der Waals surface area contributed by atoms with Crippen LogP contribution in [0.2, 0.25) is 0 Å². The molecule has 1 aromatic carbocycles. The molecule has 6 heteroatoms. The van der Waals surface area contributed by atoms with Crippen molar-refractivity contribution in [3.8, 4) is 0 Å². The molecular weight excluding hydrogens is 252 g/mol. The van der Waals surface area contributed by atoms with Crippen molar-refractivity contribution in [1.82, 2.24) is 5.32 Å². The summed E-state index contributed by atoms with van der Waals surface area (Å²) in [7, 11) is 0. The van der Waals surface area contributed by atoms with E-state index in [-0.39, 0.29) is 17.2 Å². The van der Waals surface area contributed by atoms with E-state index in [2.05, 4.69) is 5.32 Å². The summed E-state index contributed by atoms with van der Waals surface area (Å²) in [5.41, 5.74) is 1.05. The van der Waals surface area contributed by atoms with Crippen molar-refractivity contribution in [2.45, 2.75) is 13.0 Å². The van der Waals surface area contributed by atoms with E-state index in [9.17, 15) is 10.1 Å². The predicted molar refractivity (Wildman–Crippen MR) is 73.8 cm³/mol. The SMILES string of the molecule is O=[N+]([O-])c1cccc(CNCCSCCCO)c1. The van der Waals surface area contributed by atoms with Gasteiger partial charge in [0, 0.05) is 37.6 Å². The molecule has 0 aliphatic carbocycles. The molecule has 0 aliphatic rings. The average molecular weight is 270 g/mol. The van der Waals surface area contributed by atoms with Gasteiger partial charge in [-0.1, -0.05) is 12.1 Å². The topological polar surface area (TPSA) is 75.4 Å². The van der Waals surface area contributed by atoms with Gasteiger partial charge in [-0.25, -0.2) is 0 Å². The molecule has 5 nitrogen and oxygen atoms in total. The minimum absolute atomic E-state index is 0.131. The van der Waals surface area contributed by atoms with Crippen LogP contribution in [0.3, 0.4) is 0 Å². The van der Waals surface area contributed by atoms with Crippen molar-refractivity contribution >= 4 is 17.4 Å². The maximum atomic E-state index is 10.6. The highest BCUT2D eigenvalue weighted by molar-refractivity contribution is 7.99. The molecule has 0 spiro atoms. The van der Waals surface area contributed by atoms with Gasteiger partial charge in [0.15, 0.2) is 0 Å². The smallest absolute Gasteiger partial charge is 0.269 e. The Morgan fingerprint density at radius 1 is 1.39 bits per heavy atom. The van der Waals surface area contributed by atoms with Gasteiger partial charge in [0.05, 0.1) is 4.92 Å². The number of rotatable bonds is 9. The van der Waals surface area contributed by atoms with Gasteiger partial charge in [0.25, 0.3) is 5.69 Å². The number of hydrogen-bond acceptors (Lipinski definition) is 5. The van der Waals surface area contributed by atoms with Crippen LogP contribution in [0, 0.1) is 10.1 Å². The van der Waals surface area contributed by atoms with Crippen molar-refractivity contribution in [2.24, 2.45) is 0 Å². The Kier molecular flexibility index (Phi) is 7.40. The summed E-state index contributed by atoms with van der Waals surface area (Å²) in [5.74, 6) is 1.95. The second kappa shape index (κ2) is 8.91. The number of nitrogens with one attached hydrogen (secondary N) is 1. The Labute approximate surface area is 111 Å². The van der Waals surface area contributed by atoms with Crippen LogP contribution in [-0.2, 0) is 6.54 Å². The van der Waals surface area contributed by atoms with Crippen molar-refractivity contribution < 1.29 is 10.0 Å². The monoisotopic (exact) mass is 270 g/mol. The average Bonchev–Trinajstić information content (AvgIpc) is 2.38. The quantitative estimate of drug-likeness (QED) is 0.406. The number of nitro groups is 1. The standard InChI is InChI=1S/C12H18N2O3S/c15-6-2-7-18-8-5-13-10-11-3-1-4-12(9-11)14(16)17/h1,3-4,9,13,15H,2,5-8,10H2. The molecule has 1 rings (SSSR count). The molecule has 0 unspecified atom stereocenters. The summed E-state index contributed by atoms with van der Waals surface area (Å²) >= 11 is 1.79. The van der Waals surface area contributed by atoms with E-state index in [1.807, 2.05) is 6.07 Å². The first kappa shape index (κ1) is 14.9. The lowest BCUT2D eigenvalue weighted by molar-refractivity contribution is -0.384. The van der Waals surface area contributed by atoms with Crippen LogP contribution in [0.1, 0.15) is 12.0 Å². The maximum Gasteiger partial charge on any atom is 0.269 e. The highest BCUT2D eigenvalue weighted by Gasteiger charge is 2.04. The van der Waals surface area contributed by atoms with E-state index in [4.69, 9.17) is 5.11 Å². The summed E-state index contributed by atoms with van der Waals surface area (Å²) in [6.07, 6.45) is 0.829. The van der Waals surface area contributed by atoms with Crippen LogP contribution in [-0.4, -0.2) is 34.7 Å². The molecule has 0 bridgehead atoms. The van der Waals surface area contributed by atoms with Gasteiger partial charge in [-0.15, -0.1) is 0 Å². The molecule has 0 radical (unpaired) electrons. The molecule has 0 aliphatic heterocycles. The first-order valence-electron chi connectivity index (χ1n) is 5.86. The lowest BCUT2D eigenvalue weighted by atomic mass is 10.2. The molecule has 0 atom stereocenters. The molecule has 0 amide bonds. The minimum atomic E-state index is -0.381. The Balaban J connectivity index is 2.19. The van der Waals surface area contributed by atoms with E-state index in [1.54, 1.807) is 23.9 Å². The number of nitro benzene ring substituents is 1. The molecular formula is C12H18N2O3S. The second-order valence-electron chi connectivity index (χ2n) is 3.79. The number of benzene rings is 1. The van der Waals surface area contributed by atoms with Gasteiger partial charge in [-0.2, -0.15) is 11.8 Å². The molecule has 100 valence electrons. The first-order valence-corrected chi connectivity index (χ1v) is 7.02. The van der Waals surface area contributed by atoms with Gasteiger partial charge in [-0.05, 0) is 17.7 Å². The van der Waals surface area contributed by atoms with Gasteiger partial charge < -0.3 is 10.4 Å². The van der Waals surface area contributed by atoms with Crippen molar-refractivity contribution in [2.75, 3.05) is 24.7 Å². The van der Waals surface area contributed by atoms with E-state index in [0.29, 0.717) is 6.54 Å². The van der Waals surface area contributed by atoms with E-state index in [1.165, 1.54) is 6.07 Å². The van der Waals surface area contributed by atoms with Crippen LogP contribution >= 0.6 is 11.8 Å². The Morgan fingerprint density at radius 2 is 2.22 bits per heavy atom. The number of thioether (sulfide) groups is 1. The second-order valence-corrected chi connectivity index (χ2v) is 5.02. The van der Waals surface area contributed by atoms with Crippen LogP contribution in [0.15, 0.2) is 24.3 Å². The highest BCUT2D eigenvalue weighted by Crippen LogP contribution is 2.12. The van der Waals surface area contributed by atoms with E-state index >= 15 is 0 Å². The van der Waals surface area contributed by atoms with Crippen molar-refractivity contribution in [3.63, 3.8) is 0 Å². The third-order valence-electron chi connectivity index (χ3n) is 2.32. The summed E-state index contributed by atoms with van der Waals surface area (Å²) in [6.45, 7) is 1.75. The van der Waals surface area contributed by atoms with Crippen LogP contribution < -0.4 is 5.32 Å². The molecule has 2 N–H and O–H groups in total. The van der Waals surface area contributed by atoms with Gasteiger partial charge in [-0.3, -0.25) is 10.1 Å². The summed E-state index contributed by atoms with van der Waals surface area (Å²) in [6, 6.07) is 6.66. The summed E-state index contributed by atoms with van der Waals surface area (Å²) < 4.78 is 0. The van der Waals surface area contributed by atoms with Crippen molar-refractivity contribution in [1.29, 1.82) is 0 Å². The first-order chi connectivity index (χ1) is 8.74. The fourth-order valence-corrected chi connectivity index (χ4v) is 2.25. The molecule has 1 aromatic rings. The Bertz CT molecular complexity index is 374. The number of hydrogen-bond donors (Lipinski definition) is 2. The lowest BCUT2D eigenvalue weighted by Crippen LogP contribution is -2.16. The Hall–Kier alpha value is -1.11. The van der Waals surface area contributed by atoms with Gasteiger partial charge >= 0.3 is 0 Å². The van der Waals surface area contributed by atoms with E-state index in [0.717, 1.165) is 30.0 Å². The lowest BCUT2D eigenvalue weighted by Gasteiger charge is -2.04. The molecule has 18 heavy (non-hydrogen) atoms. The molecule has 0 saturated heterocycles. The fraction of sp³-hybridized carbons (Fsp3) is 0.500. The third-order valence-corrected chi connectivity index (χ3v) is 3.39. The zero-order valence-corrected chi connectivity index (χ0v) is 11.0. The summed E-state index contributed by atoms with van der Waals surface area (Å²) in [4.78, 5) is 10.2. The minimum Gasteiger partial charge on any atom is -0.396 e. The normalized spacial score (nSPS) is 10.5. The fourth-order valence-electron chi connectivity index (χ4n) is 1.43. The number of nitrogens with zero attached hydrogens (tertiary/aromatic N) is 1. The molecule has 0 saturated carbocycles. The van der Waals surface area contributed by atoms with Crippen molar-refractivity contribution in [3.05, 3.63) is 39.9 Å². The van der Waals surface area contributed by atoms with Gasteiger partial charge in [0.1, 0.15) is 0 Å². The zero-order valence-electron chi connectivity index (χ0n) is 10.2. The van der Waals surface area contributed by atoms with Crippen LogP contribution in [0.4, 0.5) is 5.69 Å². The van der Waals surface area contributed by atoms with Crippen LogP contribution in [0.5, 0.6) is 0 Å². The molecule has 0 heterocycles. The number of aliphatic hydroxyl groups excluding tert-OH is 1. The molecule has 0 aromatic heterocycles. The number of aliphatic hydroxyl groups is 1. The Morgan fingerprint density at radius 3 is 2.94 bits per heavy atom. The third kappa shape index (κ3) is 6.00. The molecule has 0 fully saturated rings. The summed E-state index contributed by atoms with van der Waals surface area (Å²) in [5, 5.41) is 22.4. The van der Waals surface area contributed by atoms with Crippen LogP contribution in [0.25, 0.3) is 0 Å².